The van der Waals surface area contributed by atoms with Crippen molar-refractivity contribution in [1.29, 1.82) is 0 Å². The standard InChI is InChI=1S/C17H23IN2O3/c1-12(13-5-7-14(18)8-6-13)20-10-9-19(11-15(20)21)16(22)23-17(2,3)4/h5-8,12H,9-11H2,1-4H3. The normalized spacial score (nSPS) is 17.2. The summed E-state index contributed by atoms with van der Waals surface area (Å²) >= 11 is 2.26. The topological polar surface area (TPSA) is 49.9 Å². The number of benzene rings is 1. The molecule has 2 amide bonds. The molecule has 0 aliphatic carbocycles. The van der Waals surface area contributed by atoms with Crippen LogP contribution in [-0.4, -0.2) is 47.0 Å². The van der Waals surface area contributed by atoms with Crippen LogP contribution in [0.4, 0.5) is 4.79 Å². The predicted octanol–water partition coefficient (Wildman–Crippen LogP) is 3.43. The van der Waals surface area contributed by atoms with Gasteiger partial charge in [-0.15, -0.1) is 0 Å². The van der Waals surface area contributed by atoms with E-state index in [0.717, 1.165) is 5.56 Å². The molecule has 0 N–H and O–H groups in total. The number of halogens is 1. The number of nitrogens with zero attached hydrogens (tertiary/aromatic N) is 2. The minimum Gasteiger partial charge on any atom is -0.444 e. The lowest BCUT2D eigenvalue weighted by atomic mass is 10.1. The Morgan fingerprint density at radius 2 is 1.83 bits per heavy atom. The second-order valence-corrected chi connectivity index (χ2v) is 7.96. The van der Waals surface area contributed by atoms with Crippen LogP contribution in [0, 0.1) is 3.57 Å². The van der Waals surface area contributed by atoms with Crippen LogP contribution in [0.5, 0.6) is 0 Å². The van der Waals surface area contributed by atoms with E-state index in [1.807, 2.05) is 56.9 Å². The van der Waals surface area contributed by atoms with Gasteiger partial charge in [0.2, 0.25) is 5.91 Å². The van der Waals surface area contributed by atoms with Crippen molar-refractivity contribution in [3.05, 3.63) is 33.4 Å². The van der Waals surface area contributed by atoms with Crippen molar-refractivity contribution in [2.45, 2.75) is 39.3 Å². The van der Waals surface area contributed by atoms with Crippen molar-refractivity contribution in [2.24, 2.45) is 0 Å². The van der Waals surface area contributed by atoms with Gasteiger partial charge in [0, 0.05) is 16.7 Å². The fourth-order valence-electron chi connectivity index (χ4n) is 2.50. The molecule has 5 nitrogen and oxygen atoms in total. The Balaban J connectivity index is 2.00. The molecule has 0 saturated carbocycles. The van der Waals surface area contributed by atoms with Crippen molar-refractivity contribution in [3.8, 4) is 0 Å². The van der Waals surface area contributed by atoms with Crippen LogP contribution in [0.15, 0.2) is 24.3 Å². The molecule has 0 aromatic heterocycles. The number of rotatable bonds is 2. The summed E-state index contributed by atoms with van der Waals surface area (Å²) in [7, 11) is 0. The van der Waals surface area contributed by atoms with Crippen LogP contribution >= 0.6 is 22.6 Å². The fraction of sp³-hybridized carbons (Fsp3) is 0.529. The SMILES string of the molecule is CC(c1ccc(I)cc1)N1CCN(C(=O)OC(C)(C)C)CC1=O. The van der Waals surface area contributed by atoms with Gasteiger partial charge in [0.25, 0.3) is 0 Å². The average molecular weight is 430 g/mol. The van der Waals surface area contributed by atoms with Crippen molar-refractivity contribution in [1.82, 2.24) is 9.80 Å². The summed E-state index contributed by atoms with van der Waals surface area (Å²) in [5.74, 6) is -0.0480. The van der Waals surface area contributed by atoms with E-state index in [1.165, 1.54) is 8.47 Å². The quantitative estimate of drug-likeness (QED) is 0.676. The van der Waals surface area contributed by atoms with Crippen molar-refractivity contribution >= 4 is 34.6 Å². The Morgan fingerprint density at radius 1 is 1.22 bits per heavy atom. The van der Waals surface area contributed by atoms with E-state index >= 15 is 0 Å². The molecule has 0 spiro atoms. The summed E-state index contributed by atoms with van der Waals surface area (Å²) in [6.07, 6.45) is -0.424. The average Bonchev–Trinajstić information content (AvgIpc) is 2.45. The molecule has 126 valence electrons. The van der Waals surface area contributed by atoms with E-state index in [0.29, 0.717) is 13.1 Å². The molecule has 2 rings (SSSR count). The molecule has 1 heterocycles. The molecule has 1 atom stereocenters. The Labute approximate surface area is 151 Å². The number of piperazine rings is 1. The van der Waals surface area contributed by atoms with E-state index in [1.54, 1.807) is 0 Å². The van der Waals surface area contributed by atoms with Gasteiger partial charge in [0.05, 0.1) is 6.04 Å². The Morgan fingerprint density at radius 3 is 2.35 bits per heavy atom. The molecule has 0 bridgehead atoms. The third-order valence-electron chi connectivity index (χ3n) is 3.73. The zero-order valence-corrected chi connectivity index (χ0v) is 16.2. The monoisotopic (exact) mass is 430 g/mol. The highest BCUT2D eigenvalue weighted by Gasteiger charge is 2.32. The van der Waals surface area contributed by atoms with E-state index in [2.05, 4.69) is 22.6 Å². The largest absolute Gasteiger partial charge is 0.444 e. The molecule has 1 aromatic carbocycles. The van der Waals surface area contributed by atoms with Gasteiger partial charge in [-0.2, -0.15) is 0 Å². The van der Waals surface area contributed by atoms with E-state index in [9.17, 15) is 9.59 Å². The van der Waals surface area contributed by atoms with E-state index < -0.39 is 11.7 Å². The maximum Gasteiger partial charge on any atom is 0.410 e. The summed E-state index contributed by atoms with van der Waals surface area (Å²) < 4.78 is 6.50. The van der Waals surface area contributed by atoms with Gasteiger partial charge in [0.1, 0.15) is 12.1 Å². The van der Waals surface area contributed by atoms with Gasteiger partial charge in [-0.3, -0.25) is 9.69 Å². The lowest BCUT2D eigenvalue weighted by Gasteiger charge is -2.38. The van der Waals surface area contributed by atoms with Crippen LogP contribution in [0.25, 0.3) is 0 Å². The summed E-state index contributed by atoms with van der Waals surface area (Å²) in [5.41, 5.74) is 0.552. The van der Waals surface area contributed by atoms with Gasteiger partial charge in [-0.05, 0) is 68.0 Å². The molecule has 6 heteroatoms. The zero-order chi connectivity index (χ0) is 17.2. The number of carbonyl (C=O) groups is 2. The predicted molar refractivity (Wildman–Crippen MR) is 97.1 cm³/mol. The molecule has 1 fully saturated rings. The Kier molecular flexibility index (Phi) is 5.54. The summed E-state index contributed by atoms with van der Waals surface area (Å²) in [6.45, 7) is 8.57. The molecule has 1 aromatic rings. The summed E-state index contributed by atoms with van der Waals surface area (Å²) in [6, 6.07) is 8.15. The number of hydrogen-bond acceptors (Lipinski definition) is 3. The first-order valence-corrected chi connectivity index (χ1v) is 8.78. The van der Waals surface area contributed by atoms with Gasteiger partial charge in [0.15, 0.2) is 0 Å². The Hall–Kier alpha value is -1.31. The van der Waals surface area contributed by atoms with E-state index in [4.69, 9.17) is 4.74 Å². The van der Waals surface area contributed by atoms with Crippen LogP contribution in [0.1, 0.15) is 39.3 Å². The van der Waals surface area contributed by atoms with Crippen LogP contribution in [-0.2, 0) is 9.53 Å². The zero-order valence-electron chi connectivity index (χ0n) is 14.0. The Bertz CT molecular complexity index is 580. The number of hydrogen-bond donors (Lipinski definition) is 0. The molecule has 0 radical (unpaired) electrons. The first-order valence-electron chi connectivity index (χ1n) is 7.70. The molecule has 1 aliphatic heterocycles. The molecule has 23 heavy (non-hydrogen) atoms. The molecule has 1 unspecified atom stereocenters. The number of amides is 2. The molecular weight excluding hydrogens is 407 g/mol. The van der Waals surface area contributed by atoms with Gasteiger partial charge in [-0.25, -0.2) is 4.79 Å². The minimum atomic E-state index is -0.550. The third-order valence-corrected chi connectivity index (χ3v) is 4.45. The number of carbonyl (C=O) groups excluding carboxylic acids is 2. The van der Waals surface area contributed by atoms with Gasteiger partial charge in [-0.1, -0.05) is 12.1 Å². The van der Waals surface area contributed by atoms with Crippen LogP contribution in [0.3, 0.4) is 0 Å². The highest BCUT2D eigenvalue weighted by Crippen LogP contribution is 2.23. The van der Waals surface area contributed by atoms with Crippen molar-refractivity contribution < 1.29 is 14.3 Å². The third kappa shape index (κ3) is 4.83. The lowest BCUT2D eigenvalue weighted by Crippen LogP contribution is -2.53. The maximum atomic E-state index is 12.4. The molecule has 1 saturated heterocycles. The van der Waals surface area contributed by atoms with Crippen LogP contribution in [0.2, 0.25) is 0 Å². The summed E-state index contributed by atoms with van der Waals surface area (Å²) in [4.78, 5) is 27.8. The first kappa shape index (κ1) is 18.0. The van der Waals surface area contributed by atoms with Gasteiger partial charge < -0.3 is 9.64 Å². The fourth-order valence-corrected chi connectivity index (χ4v) is 2.86. The van der Waals surface area contributed by atoms with Gasteiger partial charge >= 0.3 is 6.09 Å². The van der Waals surface area contributed by atoms with E-state index in [-0.39, 0.29) is 18.5 Å². The highest BCUT2D eigenvalue weighted by atomic mass is 127. The van der Waals surface area contributed by atoms with Crippen LogP contribution < -0.4 is 0 Å². The minimum absolute atomic E-state index is 0.000265. The first-order chi connectivity index (χ1) is 10.7. The lowest BCUT2D eigenvalue weighted by molar-refractivity contribution is -0.138. The highest BCUT2D eigenvalue weighted by molar-refractivity contribution is 14.1. The maximum absolute atomic E-state index is 12.4. The number of ether oxygens (including phenoxy) is 1. The summed E-state index contributed by atoms with van der Waals surface area (Å²) in [5, 5.41) is 0. The van der Waals surface area contributed by atoms with Crippen molar-refractivity contribution in [3.63, 3.8) is 0 Å². The molecule has 1 aliphatic rings. The smallest absolute Gasteiger partial charge is 0.410 e. The van der Waals surface area contributed by atoms with Crippen molar-refractivity contribution in [2.75, 3.05) is 19.6 Å². The second kappa shape index (κ2) is 7.07. The molecular formula is C17H23IN2O3. The second-order valence-electron chi connectivity index (χ2n) is 6.72.